The number of benzene rings is 1. The number of hydrogen-bond acceptors (Lipinski definition) is 4. The van der Waals surface area contributed by atoms with E-state index in [4.69, 9.17) is 11.6 Å². The van der Waals surface area contributed by atoms with Crippen LogP contribution in [0.15, 0.2) is 48.8 Å². The third kappa shape index (κ3) is 2.90. The largest absolute Gasteiger partial charge is 0.280 e. The van der Waals surface area contributed by atoms with Gasteiger partial charge in [0.1, 0.15) is 17.0 Å². The Balaban J connectivity index is 1.86. The van der Waals surface area contributed by atoms with Crippen LogP contribution in [0.4, 0.5) is 13.2 Å². The molecular weight excluding hydrogens is 405 g/mol. The molecule has 6 nitrogen and oxygen atoms in total. The molecule has 0 bridgehead atoms. The molecule has 0 aliphatic carbocycles. The van der Waals surface area contributed by atoms with Crippen LogP contribution in [0.25, 0.3) is 39.1 Å². The fourth-order valence-corrected chi connectivity index (χ4v) is 3.46. The number of fused-ring (bicyclic) bond motifs is 2. The van der Waals surface area contributed by atoms with Crippen molar-refractivity contribution in [1.29, 1.82) is 0 Å². The molecule has 0 aliphatic rings. The zero-order chi connectivity index (χ0) is 20.1. The predicted molar refractivity (Wildman–Crippen MR) is 102 cm³/mol. The van der Waals surface area contributed by atoms with Gasteiger partial charge in [-0.2, -0.15) is 9.49 Å². The molecule has 0 unspecified atom stereocenters. The first-order valence-electron chi connectivity index (χ1n) is 8.44. The highest BCUT2D eigenvalue weighted by Crippen LogP contribution is 2.32. The number of H-pyrrole nitrogens is 1. The van der Waals surface area contributed by atoms with Crippen LogP contribution in [0.5, 0.6) is 0 Å². The zero-order valence-electron chi connectivity index (χ0n) is 14.4. The number of nitrogens with one attached hydrogen (secondary N) is 1. The minimum atomic E-state index is -2.75. The van der Waals surface area contributed by atoms with Crippen LogP contribution in [-0.2, 0) is 0 Å². The molecule has 144 valence electrons. The second-order valence-electron chi connectivity index (χ2n) is 6.28. The van der Waals surface area contributed by atoms with Gasteiger partial charge in [-0.05, 0) is 30.3 Å². The quantitative estimate of drug-likeness (QED) is 0.417. The summed E-state index contributed by atoms with van der Waals surface area (Å²) in [7, 11) is 0. The molecule has 0 amide bonds. The molecule has 1 N–H and O–H groups in total. The first-order chi connectivity index (χ1) is 14.0. The summed E-state index contributed by atoms with van der Waals surface area (Å²) >= 11 is 6.36. The number of rotatable bonds is 3. The molecule has 29 heavy (non-hydrogen) atoms. The van der Waals surface area contributed by atoms with Crippen LogP contribution in [0.2, 0.25) is 5.02 Å². The standard InChI is InChI=1S/C19H10ClF3N6/c20-12-7-11(5-10-8-25-28-16(10)12)29-18(9-3-4-24-15(21)6-9)27-14-2-1-13(17(22)23)26-19(14)29/h1-8,17H,(H,25,28). The third-order valence-corrected chi connectivity index (χ3v) is 4.78. The Kier molecular flexibility index (Phi) is 3.99. The lowest BCUT2D eigenvalue weighted by atomic mass is 10.2. The summed E-state index contributed by atoms with van der Waals surface area (Å²) in [4.78, 5) is 12.1. The van der Waals surface area contributed by atoms with E-state index in [0.29, 0.717) is 38.5 Å². The van der Waals surface area contributed by atoms with Crippen LogP contribution >= 0.6 is 11.6 Å². The maximum absolute atomic E-state index is 13.7. The summed E-state index contributed by atoms with van der Waals surface area (Å²) in [5.74, 6) is -0.371. The number of nitrogens with zero attached hydrogens (tertiary/aromatic N) is 5. The van der Waals surface area contributed by atoms with Crippen molar-refractivity contribution in [2.24, 2.45) is 0 Å². The van der Waals surface area contributed by atoms with Crippen LogP contribution < -0.4 is 0 Å². The first kappa shape index (κ1) is 17.6. The molecule has 0 saturated heterocycles. The smallest absolute Gasteiger partial charge is 0.277 e. The van der Waals surface area contributed by atoms with E-state index in [2.05, 4.69) is 25.1 Å². The zero-order valence-corrected chi connectivity index (χ0v) is 15.2. The van der Waals surface area contributed by atoms with E-state index in [0.717, 1.165) is 0 Å². The second-order valence-corrected chi connectivity index (χ2v) is 6.69. The van der Waals surface area contributed by atoms with Gasteiger partial charge >= 0.3 is 0 Å². The molecule has 10 heteroatoms. The molecule has 0 fully saturated rings. The fraction of sp³-hybridized carbons (Fsp3) is 0.0526. The van der Waals surface area contributed by atoms with Gasteiger partial charge in [-0.3, -0.25) is 9.67 Å². The van der Waals surface area contributed by atoms with E-state index in [1.54, 1.807) is 29.0 Å². The molecule has 0 saturated carbocycles. The molecule has 4 heterocycles. The van der Waals surface area contributed by atoms with Crippen molar-refractivity contribution in [3.8, 4) is 17.1 Å². The van der Waals surface area contributed by atoms with Gasteiger partial charge < -0.3 is 0 Å². The molecule has 0 radical (unpaired) electrons. The van der Waals surface area contributed by atoms with Crippen molar-refractivity contribution < 1.29 is 13.2 Å². The fourth-order valence-electron chi connectivity index (χ4n) is 3.20. The van der Waals surface area contributed by atoms with Crippen LogP contribution in [-0.4, -0.2) is 29.7 Å². The van der Waals surface area contributed by atoms with E-state index in [1.165, 1.54) is 24.4 Å². The Morgan fingerprint density at radius 2 is 1.93 bits per heavy atom. The molecule has 1 aromatic carbocycles. The molecule has 0 aliphatic heterocycles. The van der Waals surface area contributed by atoms with Crippen LogP contribution in [0.3, 0.4) is 0 Å². The molecule has 0 spiro atoms. The number of alkyl halides is 2. The summed E-state index contributed by atoms with van der Waals surface area (Å²) < 4.78 is 41.8. The van der Waals surface area contributed by atoms with E-state index in [9.17, 15) is 13.2 Å². The van der Waals surface area contributed by atoms with Crippen LogP contribution in [0.1, 0.15) is 12.1 Å². The number of aromatic amines is 1. The highest BCUT2D eigenvalue weighted by molar-refractivity contribution is 6.35. The number of hydrogen-bond donors (Lipinski definition) is 1. The second kappa shape index (κ2) is 6.56. The van der Waals surface area contributed by atoms with E-state index in [-0.39, 0.29) is 11.3 Å². The number of aromatic nitrogens is 6. The predicted octanol–water partition coefficient (Wildman–Crippen LogP) is 5.09. The van der Waals surface area contributed by atoms with Gasteiger partial charge in [-0.1, -0.05) is 11.6 Å². The van der Waals surface area contributed by atoms with Gasteiger partial charge in [-0.15, -0.1) is 0 Å². The maximum Gasteiger partial charge on any atom is 0.280 e. The Bertz CT molecular complexity index is 1380. The van der Waals surface area contributed by atoms with Crippen molar-refractivity contribution in [2.45, 2.75) is 6.43 Å². The lowest BCUT2D eigenvalue weighted by molar-refractivity contribution is 0.146. The monoisotopic (exact) mass is 414 g/mol. The molecule has 4 aromatic heterocycles. The van der Waals surface area contributed by atoms with Gasteiger partial charge in [-0.25, -0.2) is 23.7 Å². The van der Waals surface area contributed by atoms with Gasteiger partial charge in [0.05, 0.1) is 22.4 Å². The minimum Gasteiger partial charge on any atom is -0.277 e. The summed E-state index contributed by atoms with van der Waals surface area (Å²) in [6, 6.07) is 8.87. The lowest BCUT2D eigenvalue weighted by Crippen LogP contribution is -2.01. The van der Waals surface area contributed by atoms with Gasteiger partial charge in [0.2, 0.25) is 5.95 Å². The topological polar surface area (TPSA) is 72.3 Å². The van der Waals surface area contributed by atoms with Crippen molar-refractivity contribution in [3.05, 3.63) is 65.5 Å². The van der Waals surface area contributed by atoms with E-state index >= 15 is 0 Å². The van der Waals surface area contributed by atoms with E-state index < -0.39 is 12.4 Å². The maximum atomic E-state index is 13.7. The molecule has 0 atom stereocenters. The van der Waals surface area contributed by atoms with E-state index in [1.807, 2.05) is 0 Å². The van der Waals surface area contributed by atoms with Crippen molar-refractivity contribution >= 4 is 33.7 Å². The molecular formula is C19H10ClF3N6. The highest BCUT2D eigenvalue weighted by atomic mass is 35.5. The Labute approximate surface area is 166 Å². The summed E-state index contributed by atoms with van der Waals surface area (Å²) in [6.07, 6.45) is 0.149. The Morgan fingerprint density at radius 3 is 2.72 bits per heavy atom. The third-order valence-electron chi connectivity index (χ3n) is 4.48. The number of imidazole rings is 1. The van der Waals surface area contributed by atoms with Gasteiger partial charge in [0, 0.05) is 23.2 Å². The Morgan fingerprint density at radius 1 is 1.07 bits per heavy atom. The van der Waals surface area contributed by atoms with Crippen molar-refractivity contribution in [1.82, 2.24) is 29.7 Å². The Hall–Kier alpha value is -3.46. The average Bonchev–Trinajstić information content (AvgIpc) is 3.32. The van der Waals surface area contributed by atoms with Crippen molar-refractivity contribution in [2.75, 3.05) is 0 Å². The number of pyridine rings is 2. The summed E-state index contributed by atoms with van der Waals surface area (Å²) in [5.41, 5.74) is 1.77. The van der Waals surface area contributed by atoms with Crippen molar-refractivity contribution in [3.63, 3.8) is 0 Å². The minimum absolute atomic E-state index is 0.203. The number of halogens is 4. The normalized spacial score (nSPS) is 11.8. The highest BCUT2D eigenvalue weighted by Gasteiger charge is 2.20. The lowest BCUT2D eigenvalue weighted by Gasteiger charge is -2.10. The molecule has 5 aromatic rings. The SMILES string of the molecule is Fc1cc(-c2nc3ccc(C(F)F)nc3n2-c2cc(Cl)c3[nH]ncc3c2)ccn1. The van der Waals surface area contributed by atoms with Crippen LogP contribution in [0, 0.1) is 5.95 Å². The van der Waals surface area contributed by atoms with Gasteiger partial charge in [0.15, 0.2) is 5.65 Å². The first-order valence-corrected chi connectivity index (χ1v) is 8.81. The summed E-state index contributed by atoms with van der Waals surface area (Å²) in [6.45, 7) is 0. The average molecular weight is 415 g/mol. The van der Waals surface area contributed by atoms with Gasteiger partial charge in [0.25, 0.3) is 6.43 Å². The summed E-state index contributed by atoms with van der Waals surface area (Å²) in [5, 5.41) is 7.86. The molecule has 5 rings (SSSR count).